The average molecular weight is 432 g/mol. The van der Waals surface area contributed by atoms with Gasteiger partial charge in [-0.25, -0.2) is 4.79 Å². The number of aliphatic hydroxyl groups is 1. The Bertz CT molecular complexity index is 798. The maximum Gasteiger partial charge on any atom is 0.338 e. The van der Waals surface area contributed by atoms with Crippen LogP contribution in [-0.4, -0.2) is 73.1 Å². The number of carbonyl (C=O) groups is 1. The molecule has 0 radical (unpaired) electrons. The zero-order valence-corrected chi connectivity index (χ0v) is 17.4. The molecule has 0 bridgehead atoms. The van der Waals surface area contributed by atoms with Crippen molar-refractivity contribution >= 4 is 5.97 Å². The Kier molecular flexibility index (Phi) is 6.10. The molecule has 4 aliphatic rings. The van der Waals surface area contributed by atoms with Crippen LogP contribution in [0.2, 0.25) is 0 Å². The largest absolute Gasteiger partial charge is 0.464 e. The lowest BCUT2D eigenvalue weighted by Crippen LogP contribution is -2.59. The third kappa shape index (κ3) is 4.28. The number of fused-ring (bicyclic) bond motifs is 3. The number of carbonyl (C=O) groups excluding carboxylic acids is 1. The second-order valence-electron chi connectivity index (χ2n) is 8.30. The molecule has 0 aliphatic carbocycles. The first kappa shape index (κ1) is 21.1. The van der Waals surface area contributed by atoms with Gasteiger partial charge in [-0.05, 0) is 6.92 Å². The highest BCUT2D eigenvalue weighted by Gasteiger charge is 2.49. The van der Waals surface area contributed by atoms with Crippen molar-refractivity contribution in [3.05, 3.63) is 48.0 Å². The molecule has 4 aliphatic heterocycles. The van der Waals surface area contributed by atoms with E-state index in [4.69, 9.17) is 28.4 Å². The van der Waals surface area contributed by atoms with Gasteiger partial charge in [-0.1, -0.05) is 42.5 Å². The number of hydrogen-bond donors (Lipinski definition) is 1. The SMILES string of the molecule is CCOC(=O)C1O[C@@H]2C[C@@H]3O[C@@H]4COC(c5ccccc5)O[C@H]4C[C@H]3O[C@H]2C=CC1O. The lowest BCUT2D eigenvalue weighted by Gasteiger charge is -2.49. The molecule has 8 heteroatoms. The zero-order chi connectivity index (χ0) is 21.4. The maximum atomic E-state index is 12.2. The lowest BCUT2D eigenvalue weighted by atomic mass is 9.90. The predicted molar refractivity (Wildman–Crippen MR) is 107 cm³/mol. The van der Waals surface area contributed by atoms with E-state index in [-0.39, 0.29) is 37.1 Å². The van der Waals surface area contributed by atoms with Crippen molar-refractivity contribution in [2.75, 3.05) is 13.2 Å². The van der Waals surface area contributed by atoms with Gasteiger partial charge in [0.05, 0.1) is 37.6 Å². The van der Waals surface area contributed by atoms with Crippen LogP contribution in [0.15, 0.2) is 42.5 Å². The van der Waals surface area contributed by atoms with E-state index >= 15 is 0 Å². The Morgan fingerprint density at radius 2 is 1.71 bits per heavy atom. The van der Waals surface area contributed by atoms with Crippen LogP contribution in [0.3, 0.4) is 0 Å². The minimum atomic E-state index is -1.08. The minimum Gasteiger partial charge on any atom is -0.464 e. The quantitative estimate of drug-likeness (QED) is 0.570. The normalized spacial score (nSPS) is 41.9. The monoisotopic (exact) mass is 432 g/mol. The highest BCUT2D eigenvalue weighted by Crippen LogP contribution is 2.39. The van der Waals surface area contributed by atoms with Crippen molar-refractivity contribution < 1.29 is 38.3 Å². The fraction of sp³-hybridized carbons (Fsp3) is 0.609. The summed E-state index contributed by atoms with van der Waals surface area (Å²) < 4.78 is 35.7. The Morgan fingerprint density at radius 1 is 0.968 bits per heavy atom. The third-order valence-electron chi connectivity index (χ3n) is 6.24. The molecule has 3 saturated heterocycles. The van der Waals surface area contributed by atoms with Gasteiger partial charge in [-0.3, -0.25) is 0 Å². The third-order valence-corrected chi connectivity index (χ3v) is 6.24. The molecule has 4 heterocycles. The lowest BCUT2D eigenvalue weighted by molar-refractivity contribution is -0.321. The smallest absolute Gasteiger partial charge is 0.338 e. The molecule has 31 heavy (non-hydrogen) atoms. The molecule has 0 saturated carbocycles. The van der Waals surface area contributed by atoms with Gasteiger partial charge in [-0.15, -0.1) is 0 Å². The van der Waals surface area contributed by atoms with Crippen molar-refractivity contribution in [2.24, 2.45) is 0 Å². The van der Waals surface area contributed by atoms with Crippen LogP contribution in [0, 0.1) is 0 Å². The van der Waals surface area contributed by atoms with E-state index in [9.17, 15) is 9.90 Å². The number of hydrogen-bond acceptors (Lipinski definition) is 8. The summed E-state index contributed by atoms with van der Waals surface area (Å²) in [5.41, 5.74) is 0.979. The van der Waals surface area contributed by atoms with Crippen LogP contribution in [0.5, 0.6) is 0 Å². The van der Waals surface area contributed by atoms with E-state index in [2.05, 4.69) is 0 Å². The molecule has 1 N–H and O–H groups in total. The van der Waals surface area contributed by atoms with Crippen LogP contribution < -0.4 is 0 Å². The molecule has 3 unspecified atom stereocenters. The van der Waals surface area contributed by atoms with Gasteiger partial charge in [0.25, 0.3) is 0 Å². The molecule has 0 spiro atoms. The number of benzene rings is 1. The van der Waals surface area contributed by atoms with Crippen molar-refractivity contribution in [3.63, 3.8) is 0 Å². The second kappa shape index (κ2) is 8.97. The molecule has 0 amide bonds. The summed E-state index contributed by atoms with van der Waals surface area (Å²) in [6, 6.07) is 9.85. The van der Waals surface area contributed by atoms with Crippen LogP contribution in [0.4, 0.5) is 0 Å². The Labute approximate surface area is 181 Å². The van der Waals surface area contributed by atoms with E-state index in [1.807, 2.05) is 30.3 Å². The summed E-state index contributed by atoms with van der Waals surface area (Å²) in [5, 5.41) is 10.3. The molecule has 8 nitrogen and oxygen atoms in total. The molecule has 1 aromatic carbocycles. The highest BCUT2D eigenvalue weighted by atomic mass is 16.7. The molecule has 9 atom stereocenters. The summed E-state index contributed by atoms with van der Waals surface area (Å²) in [7, 11) is 0. The van der Waals surface area contributed by atoms with Crippen LogP contribution in [0.1, 0.15) is 31.6 Å². The average Bonchev–Trinajstić information content (AvgIpc) is 2.95. The van der Waals surface area contributed by atoms with Gasteiger partial charge in [0.1, 0.15) is 18.3 Å². The van der Waals surface area contributed by atoms with E-state index in [0.29, 0.717) is 19.4 Å². The van der Waals surface area contributed by atoms with Crippen LogP contribution in [0.25, 0.3) is 0 Å². The highest BCUT2D eigenvalue weighted by molar-refractivity contribution is 5.76. The molecule has 1 aromatic rings. The summed E-state index contributed by atoms with van der Waals surface area (Å²) in [4.78, 5) is 12.2. The molecule has 168 valence electrons. The summed E-state index contributed by atoms with van der Waals surface area (Å²) in [6.45, 7) is 2.38. The number of aliphatic hydroxyl groups excluding tert-OH is 1. The molecular weight excluding hydrogens is 404 g/mol. The van der Waals surface area contributed by atoms with E-state index in [0.717, 1.165) is 5.56 Å². The maximum absolute atomic E-state index is 12.2. The van der Waals surface area contributed by atoms with Gasteiger partial charge in [0.2, 0.25) is 0 Å². The molecule has 3 fully saturated rings. The van der Waals surface area contributed by atoms with E-state index < -0.39 is 30.6 Å². The first-order chi connectivity index (χ1) is 15.1. The van der Waals surface area contributed by atoms with Gasteiger partial charge < -0.3 is 33.5 Å². The number of esters is 1. The predicted octanol–water partition coefficient (Wildman–Crippen LogP) is 1.66. The number of rotatable bonds is 3. The zero-order valence-electron chi connectivity index (χ0n) is 17.4. The first-order valence-electron chi connectivity index (χ1n) is 10.9. The Balaban J connectivity index is 1.26. The van der Waals surface area contributed by atoms with Gasteiger partial charge in [-0.2, -0.15) is 0 Å². The molecule has 5 rings (SSSR count). The fourth-order valence-corrected chi connectivity index (χ4v) is 4.71. The Morgan fingerprint density at radius 3 is 2.52 bits per heavy atom. The van der Waals surface area contributed by atoms with Crippen LogP contribution in [-0.2, 0) is 33.2 Å². The number of ether oxygens (including phenoxy) is 6. The molecule has 0 aromatic heterocycles. The standard InChI is InChI=1S/C23H28O8/c1-2-26-22(25)21-14(24)8-9-15-16(30-21)10-18-17(28-15)11-19-20(29-18)12-27-23(31-19)13-6-4-3-5-7-13/h3-9,14-21,23-24H,2,10-12H2,1H3/t14?,15-,16+,17+,18-,19-,20+,21?,23?/m0/s1. The Hall–Kier alpha value is -1.81. The summed E-state index contributed by atoms with van der Waals surface area (Å²) in [5.74, 6) is -0.576. The van der Waals surface area contributed by atoms with Crippen molar-refractivity contribution in [2.45, 2.75) is 74.9 Å². The van der Waals surface area contributed by atoms with E-state index in [1.165, 1.54) is 0 Å². The van der Waals surface area contributed by atoms with Crippen molar-refractivity contribution in [1.82, 2.24) is 0 Å². The van der Waals surface area contributed by atoms with Crippen molar-refractivity contribution in [3.8, 4) is 0 Å². The van der Waals surface area contributed by atoms with E-state index in [1.54, 1.807) is 19.1 Å². The summed E-state index contributed by atoms with van der Waals surface area (Å²) >= 11 is 0. The van der Waals surface area contributed by atoms with Gasteiger partial charge >= 0.3 is 5.97 Å². The van der Waals surface area contributed by atoms with Crippen molar-refractivity contribution in [1.29, 1.82) is 0 Å². The van der Waals surface area contributed by atoms with Gasteiger partial charge in [0, 0.05) is 18.4 Å². The van der Waals surface area contributed by atoms with Crippen LogP contribution >= 0.6 is 0 Å². The topological polar surface area (TPSA) is 92.7 Å². The first-order valence-corrected chi connectivity index (χ1v) is 10.9. The second-order valence-corrected chi connectivity index (χ2v) is 8.30. The minimum absolute atomic E-state index is 0.134. The van der Waals surface area contributed by atoms with Gasteiger partial charge in [0.15, 0.2) is 12.4 Å². The molecular formula is C23H28O8. The fourth-order valence-electron chi connectivity index (χ4n) is 4.71. The summed E-state index contributed by atoms with van der Waals surface area (Å²) in [6.07, 6.45) is 0.512.